The standard InChI is InChI=1S/C27H31N3O4/c1-33-27-25(20-10-6-3-7-11-20)26(29-23(30(27)28)16-17-24(31)32)21-12-14-22(15-13-21)34-18-19-8-4-2-5-9-19/h2,4-5,8-9,12-16,20H,3,6-7,10-11,17-18,28H2,1H3,(H,31,32)/b23-16-. The van der Waals surface area contributed by atoms with E-state index in [1.807, 2.05) is 54.6 Å². The molecule has 178 valence electrons. The molecule has 7 nitrogen and oxygen atoms in total. The lowest BCUT2D eigenvalue weighted by molar-refractivity contribution is -0.136. The smallest absolute Gasteiger partial charge is 0.307 e. The molecule has 34 heavy (non-hydrogen) atoms. The van der Waals surface area contributed by atoms with Crippen molar-refractivity contribution in [3.63, 3.8) is 0 Å². The van der Waals surface area contributed by atoms with Gasteiger partial charge in [0, 0.05) is 11.1 Å². The van der Waals surface area contributed by atoms with E-state index in [0.717, 1.165) is 53.8 Å². The van der Waals surface area contributed by atoms with Crippen molar-refractivity contribution in [1.82, 2.24) is 5.01 Å². The number of carboxylic acids is 1. The van der Waals surface area contributed by atoms with Gasteiger partial charge in [0.05, 0.1) is 19.2 Å². The van der Waals surface area contributed by atoms with Gasteiger partial charge in [-0.05, 0) is 54.7 Å². The summed E-state index contributed by atoms with van der Waals surface area (Å²) in [5.41, 5.74) is 3.77. The van der Waals surface area contributed by atoms with Gasteiger partial charge in [0.15, 0.2) is 0 Å². The molecule has 0 aromatic heterocycles. The van der Waals surface area contributed by atoms with Crippen molar-refractivity contribution in [2.24, 2.45) is 16.8 Å². The average molecular weight is 462 g/mol. The molecule has 2 aliphatic rings. The second kappa shape index (κ2) is 11.0. The third-order valence-electron chi connectivity index (χ3n) is 6.22. The first-order valence-electron chi connectivity index (χ1n) is 11.7. The molecule has 3 N–H and O–H groups in total. The van der Waals surface area contributed by atoms with E-state index in [1.54, 1.807) is 7.11 Å². The van der Waals surface area contributed by atoms with Gasteiger partial charge in [-0.2, -0.15) is 0 Å². The van der Waals surface area contributed by atoms with E-state index < -0.39 is 5.97 Å². The lowest BCUT2D eigenvalue weighted by atomic mass is 9.80. The van der Waals surface area contributed by atoms with Crippen LogP contribution in [0.3, 0.4) is 0 Å². The van der Waals surface area contributed by atoms with Gasteiger partial charge in [0.25, 0.3) is 0 Å². The zero-order valence-corrected chi connectivity index (χ0v) is 19.4. The Morgan fingerprint density at radius 3 is 2.47 bits per heavy atom. The third-order valence-corrected chi connectivity index (χ3v) is 6.22. The number of aliphatic carboxylic acids is 1. The topological polar surface area (TPSA) is 97.4 Å². The maximum absolute atomic E-state index is 11.2. The highest BCUT2D eigenvalue weighted by molar-refractivity contribution is 6.14. The van der Waals surface area contributed by atoms with Crippen molar-refractivity contribution in [1.29, 1.82) is 0 Å². The monoisotopic (exact) mass is 461 g/mol. The molecule has 1 saturated carbocycles. The Morgan fingerprint density at radius 1 is 1.12 bits per heavy atom. The first kappa shape index (κ1) is 23.6. The molecule has 1 aliphatic heterocycles. The molecule has 0 bridgehead atoms. The summed E-state index contributed by atoms with van der Waals surface area (Å²) in [5, 5.41) is 10.5. The second-order valence-corrected chi connectivity index (χ2v) is 8.55. The first-order valence-corrected chi connectivity index (χ1v) is 11.7. The Bertz CT molecular complexity index is 1080. The van der Waals surface area contributed by atoms with Crippen molar-refractivity contribution in [3.05, 3.63) is 89.1 Å². The van der Waals surface area contributed by atoms with Crippen LogP contribution >= 0.6 is 0 Å². The van der Waals surface area contributed by atoms with Crippen molar-refractivity contribution in [3.8, 4) is 5.75 Å². The second-order valence-electron chi connectivity index (χ2n) is 8.55. The Morgan fingerprint density at radius 2 is 1.82 bits per heavy atom. The van der Waals surface area contributed by atoms with Gasteiger partial charge in [-0.1, -0.05) is 49.6 Å². The minimum absolute atomic E-state index is 0.179. The summed E-state index contributed by atoms with van der Waals surface area (Å²) >= 11 is 0. The Kier molecular flexibility index (Phi) is 7.65. The van der Waals surface area contributed by atoms with E-state index in [1.165, 1.54) is 17.5 Å². The Balaban J connectivity index is 1.66. The van der Waals surface area contributed by atoms with E-state index in [4.69, 9.17) is 25.4 Å². The van der Waals surface area contributed by atoms with Gasteiger partial charge in [0.2, 0.25) is 5.88 Å². The quantitative estimate of drug-likeness (QED) is 0.537. The fourth-order valence-corrected chi connectivity index (χ4v) is 4.52. The number of methoxy groups -OCH3 is 1. The molecule has 1 heterocycles. The lowest BCUT2D eigenvalue weighted by Crippen LogP contribution is -2.38. The number of hydrogen-bond donors (Lipinski definition) is 2. The lowest BCUT2D eigenvalue weighted by Gasteiger charge is -2.34. The minimum Gasteiger partial charge on any atom is -0.489 e. The summed E-state index contributed by atoms with van der Waals surface area (Å²) in [5.74, 6) is 7.32. The molecular weight excluding hydrogens is 430 g/mol. The van der Waals surface area contributed by atoms with Crippen LogP contribution in [0.2, 0.25) is 0 Å². The molecular formula is C27H31N3O4. The summed E-state index contributed by atoms with van der Waals surface area (Å²) in [6, 6.07) is 17.9. The average Bonchev–Trinajstić information content (AvgIpc) is 2.88. The number of nitrogens with two attached hydrogens (primary N) is 1. The number of hydrazine groups is 1. The molecule has 4 rings (SSSR count). The van der Waals surface area contributed by atoms with Crippen molar-refractivity contribution >= 4 is 11.7 Å². The number of ether oxygens (including phenoxy) is 2. The highest BCUT2D eigenvalue weighted by Gasteiger charge is 2.33. The Hall–Kier alpha value is -3.58. The predicted octanol–water partition coefficient (Wildman–Crippen LogP) is 5.00. The third kappa shape index (κ3) is 5.48. The summed E-state index contributed by atoms with van der Waals surface area (Å²) in [6.07, 6.45) is 6.94. The minimum atomic E-state index is -0.946. The van der Waals surface area contributed by atoms with Gasteiger partial charge in [-0.25, -0.2) is 15.8 Å². The number of aliphatic imine (C=N–C) groups is 1. The van der Waals surface area contributed by atoms with Crippen LogP contribution in [0.4, 0.5) is 0 Å². The Labute approximate surface area is 200 Å². The molecule has 0 saturated heterocycles. The largest absolute Gasteiger partial charge is 0.489 e. The predicted molar refractivity (Wildman–Crippen MR) is 131 cm³/mol. The van der Waals surface area contributed by atoms with Gasteiger partial charge in [-0.3, -0.25) is 4.79 Å². The summed E-state index contributed by atoms with van der Waals surface area (Å²) in [6.45, 7) is 0.492. The van der Waals surface area contributed by atoms with Crippen LogP contribution in [0.15, 0.2) is 82.9 Å². The van der Waals surface area contributed by atoms with Crippen LogP contribution in [0, 0.1) is 5.92 Å². The van der Waals surface area contributed by atoms with Crippen LogP contribution in [0.25, 0.3) is 0 Å². The van der Waals surface area contributed by atoms with Crippen LogP contribution in [0.5, 0.6) is 5.75 Å². The number of nitrogens with zero attached hydrogens (tertiary/aromatic N) is 2. The highest BCUT2D eigenvalue weighted by Crippen LogP contribution is 2.38. The molecule has 0 atom stereocenters. The van der Waals surface area contributed by atoms with Crippen LogP contribution in [-0.4, -0.2) is 28.9 Å². The molecule has 7 heteroatoms. The van der Waals surface area contributed by atoms with E-state index in [-0.39, 0.29) is 12.3 Å². The molecule has 0 spiro atoms. The molecule has 1 aliphatic carbocycles. The summed E-state index contributed by atoms with van der Waals surface area (Å²) in [4.78, 5) is 16.0. The number of carboxylic acid groups (broad SMARTS) is 1. The number of carbonyl (C=O) groups is 1. The zero-order chi connectivity index (χ0) is 23.9. The van der Waals surface area contributed by atoms with E-state index in [9.17, 15) is 4.79 Å². The van der Waals surface area contributed by atoms with Gasteiger partial charge in [0.1, 0.15) is 18.2 Å². The van der Waals surface area contributed by atoms with Gasteiger partial charge >= 0.3 is 5.97 Å². The SMILES string of the molecule is COC1=C(C2CCCCC2)C(c2ccc(OCc3ccccc3)cc2)=N/C(=C/CC(=O)O)N1N. The normalized spacial score (nSPS) is 18.1. The van der Waals surface area contributed by atoms with Gasteiger partial charge in [-0.15, -0.1) is 0 Å². The van der Waals surface area contributed by atoms with E-state index >= 15 is 0 Å². The molecule has 0 radical (unpaired) electrons. The number of hydrogen-bond acceptors (Lipinski definition) is 6. The summed E-state index contributed by atoms with van der Waals surface area (Å²) in [7, 11) is 1.59. The van der Waals surface area contributed by atoms with Crippen molar-refractivity contribution in [2.45, 2.75) is 45.1 Å². The van der Waals surface area contributed by atoms with E-state index in [2.05, 4.69) is 0 Å². The van der Waals surface area contributed by atoms with Crippen LogP contribution in [-0.2, 0) is 16.1 Å². The zero-order valence-electron chi connectivity index (χ0n) is 19.4. The number of rotatable bonds is 8. The number of allylic oxidation sites excluding steroid dienone is 1. The van der Waals surface area contributed by atoms with E-state index in [0.29, 0.717) is 18.3 Å². The fourth-order valence-electron chi connectivity index (χ4n) is 4.52. The fraction of sp³-hybridized carbons (Fsp3) is 0.333. The molecule has 1 fully saturated rings. The number of benzene rings is 2. The maximum atomic E-state index is 11.2. The molecule has 0 unspecified atom stereocenters. The summed E-state index contributed by atoms with van der Waals surface area (Å²) < 4.78 is 11.7. The van der Waals surface area contributed by atoms with Crippen LogP contribution < -0.4 is 10.6 Å². The molecule has 2 aromatic rings. The molecule has 2 aromatic carbocycles. The highest BCUT2D eigenvalue weighted by atomic mass is 16.5. The first-order chi connectivity index (χ1) is 16.6. The molecule has 0 amide bonds. The maximum Gasteiger partial charge on any atom is 0.307 e. The van der Waals surface area contributed by atoms with Crippen molar-refractivity contribution < 1.29 is 19.4 Å². The van der Waals surface area contributed by atoms with Crippen molar-refractivity contribution in [2.75, 3.05) is 7.11 Å². The van der Waals surface area contributed by atoms with Gasteiger partial charge < -0.3 is 14.6 Å². The van der Waals surface area contributed by atoms with Crippen LogP contribution in [0.1, 0.15) is 49.7 Å².